The van der Waals surface area contributed by atoms with Crippen molar-refractivity contribution in [1.29, 1.82) is 0 Å². The summed E-state index contributed by atoms with van der Waals surface area (Å²) in [7, 11) is 0. The van der Waals surface area contributed by atoms with Gasteiger partial charge in [-0.1, -0.05) is 27.2 Å². The normalized spacial score (nSPS) is 17.2. The van der Waals surface area contributed by atoms with Crippen molar-refractivity contribution in [2.45, 2.75) is 40.0 Å². The van der Waals surface area contributed by atoms with Gasteiger partial charge >= 0.3 is 0 Å². The fourth-order valence-electron chi connectivity index (χ4n) is 1.59. The van der Waals surface area contributed by atoms with Crippen LogP contribution in [0.4, 0.5) is 0 Å². The first-order chi connectivity index (χ1) is 8.39. The molecule has 5 nitrogen and oxygen atoms in total. The van der Waals surface area contributed by atoms with Crippen LogP contribution in [0.25, 0.3) is 0 Å². The summed E-state index contributed by atoms with van der Waals surface area (Å²) >= 11 is 0. The lowest BCUT2D eigenvalue weighted by Gasteiger charge is -2.23. The number of nitrogens with two attached hydrogens (primary N) is 1. The van der Waals surface area contributed by atoms with E-state index in [4.69, 9.17) is 5.73 Å². The highest BCUT2D eigenvalue weighted by molar-refractivity contribution is 5.81. The summed E-state index contributed by atoms with van der Waals surface area (Å²) < 4.78 is 0. The zero-order chi connectivity index (χ0) is 13.6. The van der Waals surface area contributed by atoms with Crippen LogP contribution in [-0.4, -0.2) is 31.5 Å². The number of aliphatic imine (C=N–C) groups is 1. The second-order valence-corrected chi connectivity index (χ2v) is 5.96. The zero-order valence-corrected chi connectivity index (χ0v) is 11.8. The summed E-state index contributed by atoms with van der Waals surface area (Å²) in [5, 5.41) is 5.86. The number of amides is 1. The van der Waals surface area contributed by atoms with E-state index in [2.05, 4.69) is 15.6 Å². The summed E-state index contributed by atoms with van der Waals surface area (Å²) in [5.74, 6) is 1.26. The Morgan fingerprint density at radius 2 is 1.89 bits per heavy atom. The van der Waals surface area contributed by atoms with Crippen LogP contribution < -0.4 is 16.4 Å². The molecular weight excluding hydrogens is 228 g/mol. The molecule has 0 aromatic rings. The maximum Gasteiger partial charge on any atom is 0.225 e. The molecule has 1 aliphatic rings. The van der Waals surface area contributed by atoms with Crippen LogP contribution in [0.5, 0.6) is 0 Å². The molecule has 0 atom stereocenters. The van der Waals surface area contributed by atoms with E-state index >= 15 is 0 Å². The Bertz CT molecular complexity index is 303. The molecule has 104 valence electrons. The van der Waals surface area contributed by atoms with E-state index in [9.17, 15) is 4.79 Å². The third kappa shape index (κ3) is 5.38. The number of carbonyl (C=O) groups is 1. The van der Waals surface area contributed by atoms with Crippen LogP contribution in [0, 0.1) is 11.3 Å². The van der Waals surface area contributed by atoms with Crippen molar-refractivity contribution in [2.24, 2.45) is 22.1 Å². The smallest absolute Gasteiger partial charge is 0.225 e. The Kier molecular flexibility index (Phi) is 5.44. The predicted octanol–water partition coefficient (Wildman–Crippen LogP) is 0.853. The number of carbonyl (C=O) groups excluding carboxylic acids is 1. The van der Waals surface area contributed by atoms with Gasteiger partial charge in [0.25, 0.3) is 0 Å². The van der Waals surface area contributed by atoms with Gasteiger partial charge in [0.2, 0.25) is 5.91 Å². The molecule has 1 fully saturated rings. The Morgan fingerprint density at radius 1 is 1.28 bits per heavy atom. The van der Waals surface area contributed by atoms with Crippen molar-refractivity contribution in [3.63, 3.8) is 0 Å². The molecule has 0 aromatic carbocycles. The van der Waals surface area contributed by atoms with Gasteiger partial charge in [0.05, 0.1) is 0 Å². The molecule has 0 radical (unpaired) electrons. The molecule has 1 amide bonds. The average molecular weight is 254 g/mol. The summed E-state index contributed by atoms with van der Waals surface area (Å²) in [5.41, 5.74) is 5.39. The minimum atomic E-state index is -0.343. The zero-order valence-electron chi connectivity index (χ0n) is 11.8. The molecule has 0 spiro atoms. The lowest BCUT2D eigenvalue weighted by Crippen LogP contribution is -2.41. The molecule has 0 aliphatic heterocycles. The number of rotatable bonds is 5. The fraction of sp³-hybridized carbons (Fsp3) is 0.846. The summed E-state index contributed by atoms with van der Waals surface area (Å²) in [6.45, 7) is 7.68. The first-order valence-corrected chi connectivity index (χ1v) is 6.71. The first kappa shape index (κ1) is 14.8. The van der Waals surface area contributed by atoms with E-state index in [1.807, 2.05) is 20.8 Å². The molecule has 0 saturated heterocycles. The fourth-order valence-corrected chi connectivity index (χ4v) is 1.59. The van der Waals surface area contributed by atoms with Crippen LogP contribution in [0.1, 0.15) is 40.0 Å². The van der Waals surface area contributed by atoms with Gasteiger partial charge < -0.3 is 16.4 Å². The Balaban J connectivity index is 2.07. The molecule has 4 N–H and O–H groups in total. The van der Waals surface area contributed by atoms with Gasteiger partial charge in [-0.15, -0.1) is 0 Å². The van der Waals surface area contributed by atoms with Crippen LogP contribution in [-0.2, 0) is 4.79 Å². The molecular formula is C13H26N4O. The summed E-state index contributed by atoms with van der Waals surface area (Å²) in [6.07, 6.45) is 3.88. The Morgan fingerprint density at radius 3 is 2.39 bits per heavy atom. The van der Waals surface area contributed by atoms with Gasteiger partial charge in [-0.3, -0.25) is 9.79 Å². The third-order valence-electron chi connectivity index (χ3n) is 3.14. The number of hydrogen-bond donors (Lipinski definition) is 3. The van der Waals surface area contributed by atoms with Crippen molar-refractivity contribution >= 4 is 11.9 Å². The number of nitrogens with zero attached hydrogens (tertiary/aromatic N) is 1. The molecule has 1 saturated carbocycles. The predicted molar refractivity (Wildman–Crippen MR) is 74.3 cm³/mol. The van der Waals surface area contributed by atoms with E-state index in [1.165, 1.54) is 19.3 Å². The van der Waals surface area contributed by atoms with E-state index < -0.39 is 0 Å². The topological polar surface area (TPSA) is 79.5 Å². The SMILES string of the molecule is CC(C)(C)C(=O)NCCNC(N)=NCC1CCC1. The van der Waals surface area contributed by atoms with Crippen molar-refractivity contribution < 1.29 is 4.79 Å². The highest BCUT2D eigenvalue weighted by Crippen LogP contribution is 2.26. The minimum absolute atomic E-state index is 0.0503. The molecule has 18 heavy (non-hydrogen) atoms. The molecule has 0 aromatic heterocycles. The minimum Gasteiger partial charge on any atom is -0.370 e. The van der Waals surface area contributed by atoms with Crippen LogP contribution in [0.15, 0.2) is 4.99 Å². The molecule has 0 unspecified atom stereocenters. The first-order valence-electron chi connectivity index (χ1n) is 6.71. The number of hydrogen-bond acceptors (Lipinski definition) is 2. The van der Waals surface area contributed by atoms with E-state index in [-0.39, 0.29) is 11.3 Å². The molecule has 1 aliphatic carbocycles. The maximum absolute atomic E-state index is 11.6. The molecule has 0 heterocycles. The van der Waals surface area contributed by atoms with E-state index in [0.717, 1.165) is 12.5 Å². The van der Waals surface area contributed by atoms with Gasteiger partial charge in [0.15, 0.2) is 5.96 Å². The van der Waals surface area contributed by atoms with Gasteiger partial charge in [-0.2, -0.15) is 0 Å². The van der Waals surface area contributed by atoms with Gasteiger partial charge in [-0.25, -0.2) is 0 Å². The van der Waals surface area contributed by atoms with Crippen LogP contribution >= 0.6 is 0 Å². The standard InChI is InChI=1S/C13H26N4O/c1-13(2,3)11(18)15-7-8-16-12(14)17-9-10-5-4-6-10/h10H,4-9H2,1-3H3,(H,15,18)(H3,14,16,17). The highest BCUT2D eigenvalue weighted by atomic mass is 16.2. The van der Waals surface area contributed by atoms with Crippen molar-refractivity contribution in [3.8, 4) is 0 Å². The van der Waals surface area contributed by atoms with E-state index in [1.54, 1.807) is 0 Å². The van der Waals surface area contributed by atoms with Gasteiger partial charge in [0, 0.05) is 25.0 Å². The maximum atomic E-state index is 11.6. The van der Waals surface area contributed by atoms with Crippen molar-refractivity contribution in [2.75, 3.05) is 19.6 Å². The second-order valence-electron chi connectivity index (χ2n) is 5.96. The van der Waals surface area contributed by atoms with Gasteiger partial charge in [0.1, 0.15) is 0 Å². The molecule has 5 heteroatoms. The second kappa shape index (κ2) is 6.61. The van der Waals surface area contributed by atoms with Crippen molar-refractivity contribution in [1.82, 2.24) is 10.6 Å². The molecule has 1 rings (SSSR count). The van der Waals surface area contributed by atoms with Crippen LogP contribution in [0.3, 0.4) is 0 Å². The lowest BCUT2D eigenvalue weighted by atomic mass is 9.86. The average Bonchev–Trinajstić information content (AvgIpc) is 2.20. The number of guanidine groups is 1. The Hall–Kier alpha value is -1.26. The third-order valence-corrected chi connectivity index (χ3v) is 3.14. The van der Waals surface area contributed by atoms with Crippen LogP contribution in [0.2, 0.25) is 0 Å². The lowest BCUT2D eigenvalue weighted by molar-refractivity contribution is -0.128. The largest absolute Gasteiger partial charge is 0.370 e. The highest BCUT2D eigenvalue weighted by Gasteiger charge is 2.20. The monoisotopic (exact) mass is 254 g/mol. The summed E-state index contributed by atoms with van der Waals surface area (Å²) in [6, 6.07) is 0. The summed E-state index contributed by atoms with van der Waals surface area (Å²) in [4.78, 5) is 15.9. The Labute approximate surface area is 110 Å². The van der Waals surface area contributed by atoms with Gasteiger partial charge in [-0.05, 0) is 18.8 Å². The molecule has 0 bridgehead atoms. The van der Waals surface area contributed by atoms with Crippen molar-refractivity contribution in [3.05, 3.63) is 0 Å². The quantitative estimate of drug-likeness (QED) is 0.386. The number of nitrogens with one attached hydrogen (secondary N) is 2. The van der Waals surface area contributed by atoms with E-state index in [0.29, 0.717) is 19.0 Å².